The molecule has 0 radical (unpaired) electrons. The lowest BCUT2D eigenvalue weighted by atomic mass is 10.2. The van der Waals surface area contributed by atoms with Crippen LogP contribution in [-0.2, 0) is 14.3 Å². The SMILES string of the molecule is CC(C)(C)OC=O.CC1(C)N[C@@H](CCCO)CO1. The lowest BCUT2D eigenvalue weighted by Crippen LogP contribution is -2.38. The number of aliphatic hydroxyl groups excluding tert-OH is 1. The molecule has 108 valence electrons. The number of hydrogen-bond acceptors (Lipinski definition) is 5. The number of aliphatic hydroxyl groups is 1. The quantitative estimate of drug-likeness (QED) is 0.750. The predicted molar refractivity (Wildman–Crippen MR) is 70.2 cm³/mol. The Hall–Kier alpha value is -0.650. The van der Waals surface area contributed by atoms with Crippen molar-refractivity contribution >= 4 is 6.47 Å². The van der Waals surface area contributed by atoms with Crippen molar-refractivity contribution in [3.8, 4) is 0 Å². The predicted octanol–water partition coefficient (Wildman–Crippen LogP) is 1.44. The minimum absolute atomic E-state index is 0.167. The van der Waals surface area contributed by atoms with Crippen molar-refractivity contribution < 1.29 is 19.4 Å². The second-order valence-corrected chi connectivity index (χ2v) is 5.85. The maximum absolute atomic E-state index is 9.60. The van der Waals surface area contributed by atoms with E-state index in [0.29, 0.717) is 12.5 Å². The minimum Gasteiger partial charge on any atom is -0.462 e. The minimum atomic E-state index is -0.318. The third-order valence-corrected chi connectivity index (χ3v) is 2.31. The molecule has 1 heterocycles. The maximum Gasteiger partial charge on any atom is 0.293 e. The van der Waals surface area contributed by atoms with Crippen molar-refractivity contribution in [2.24, 2.45) is 0 Å². The molecule has 0 aromatic carbocycles. The fourth-order valence-electron chi connectivity index (χ4n) is 1.52. The fourth-order valence-corrected chi connectivity index (χ4v) is 1.52. The number of nitrogens with one attached hydrogen (secondary N) is 1. The van der Waals surface area contributed by atoms with E-state index in [-0.39, 0.29) is 17.9 Å². The van der Waals surface area contributed by atoms with E-state index in [0.717, 1.165) is 19.4 Å². The Bertz CT molecular complexity index is 236. The van der Waals surface area contributed by atoms with Gasteiger partial charge in [0.05, 0.1) is 6.61 Å². The Morgan fingerprint density at radius 1 is 1.50 bits per heavy atom. The molecule has 0 aromatic heterocycles. The summed E-state index contributed by atoms with van der Waals surface area (Å²) in [6.45, 7) is 11.0. The average molecular weight is 261 g/mol. The van der Waals surface area contributed by atoms with E-state index < -0.39 is 0 Å². The van der Waals surface area contributed by atoms with Gasteiger partial charge in [0.1, 0.15) is 11.3 Å². The van der Waals surface area contributed by atoms with Gasteiger partial charge in [-0.2, -0.15) is 0 Å². The van der Waals surface area contributed by atoms with Gasteiger partial charge in [-0.15, -0.1) is 0 Å². The second kappa shape index (κ2) is 7.71. The molecule has 2 N–H and O–H groups in total. The summed E-state index contributed by atoms with van der Waals surface area (Å²) in [5.74, 6) is 0. The zero-order valence-corrected chi connectivity index (χ0v) is 12.2. The van der Waals surface area contributed by atoms with Crippen LogP contribution in [-0.4, -0.2) is 42.2 Å². The van der Waals surface area contributed by atoms with E-state index >= 15 is 0 Å². The van der Waals surface area contributed by atoms with Crippen LogP contribution >= 0.6 is 0 Å². The van der Waals surface area contributed by atoms with Crippen molar-refractivity contribution in [2.75, 3.05) is 13.2 Å². The van der Waals surface area contributed by atoms with Gasteiger partial charge in [-0.3, -0.25) is 10.1 Å². The van der Waals surface area contributed by atoms with Crippen LogP contribution < -0.4 is 5.32 Å². The molecule has 18 heavy (non-hydrogen) atoms. The van der Waals surface area contributed by atoms with Crippen molar-refractivity contribution in [2.45, 2.75) is 64.8 Å². The van der Waals surface area contributed by atoms with Crippen molar-refractivity contribution in [3.05, 3.63) is 0 Å². The van der Waals surface area contributed by atoms with E-state index in [1.54, 1.807) is 0 Å². The zero-order valence-electron chi connectivity index (χ0n) is 12.2. The summed E-state index contributed by atoms with van der Waals surface area (Å²) in [7, 11) is 0. The molecule has 1 atom stereocenters. The van der Waals surface area contributed by atoms with Gasteiger partial charge in [-0.25, -0.2) is 0 Å². The number of carbonyl (C=O) groups is 1. The highest BCUT2D eigenvalue weighted by Gasteiger charge is 2.29. The highest BCUT2D eigenvalue weighted by molar-refractivity contribution is 5.37. The topological polar surface area (TPSA) is 67.8 Å². The smallest absolute Gasteiger partial charge is 0.293 e. The normalized spacial score (nSPS) is 22.0. The molecule has 1 saturated heterocycles. The molecule has 0 saturated carbocycles. The molecule has 0 aliphatic carbocycles. The number of rotatable bonds is 4. The molecular weight excluding hydrogens is 234 g/mol. The lowest BCUT2D eigenvalue weighted by molar-refractivity contribution is -0.138. The molecule has 1 rings (SSSR count). The molecule has 5 nitrogen and oxygen atoms in total. The number of ether oxygens (including phenoxy) is 2. The van der Waals surface area contributed by atoms with E-state index in [2.05, 4.69) is 10.1 Å². The first-order valence-corrected chi connectivity index (χ1v) is 6.34. The van der Waals surface area contributed by atoms with Crippen molar-refractivity contribution in [1.82, 2.24) is 5.32 Å². The lowest BCUT2D eigenvalue weighted by Gasteiger charge is -2.17. The molecule has 0 unspecified atom stereocenters. The number of hydrogen-bond donors (Lipinski definition) is 2. The van der Waals surface area contributed by atoms with Gasteiger partial charge >= 0.3 is 0 Å². The molecule has 1 aliphatic heterocycles. The third-order valence-electron chi connectivity index (χ3n) is 2.31. The fraction of sp³-hybridized carbons (Fsp3) is 0.923. The van der Waals surface area contributed by atoms with Crippen LogP contribution in [0.5, 0.6) is 0 Å². The van der Waals surface area contributed by atoms with Crippen LogP contribution in [0.3, 0.4) is 0 Å². The molecular formula is C13H27NO4. The van der Waals surface area contributed by atoms with Gasteiger partial charge in [-0.05, 0) is 47.5 Å². The van der Waals surface area contributed by atoms with Crippen LogP contribution in [0.4, 0.5) is 0 Å². The average Bonchev–Trinajstić information content (AvgIpc) is 2.54. The summed E-state index contributed by atoms with van der Waals surface area (Å²) in [6.07, 6.45) is 1.86. The molecule has 0 amide bonds. The Kier molecular flexibility index (Phi) is 7.43. The summed E-state index contributed by atoms with van der Waals surface area (Å²) in [5.41, 5.74) is -0.484. The second-order valence-electron chi connectivity index (χ2n) is 5.85. The van der Waals surface area contributed by atoms with Gasteiger partial charge in [0.2, 0.25) is 0 Å². The van der Waals surface area contributed by atoms with E-state index in [1.165, 1.54) is 0 Å². The van der Waals surface area contributed by atoms with Crippen LogP contribution in [0, 0.1) is 0 Å². The summed E-state index contributed by atoms with van der Waals surface area (Å²) in [4.78, 5) is 9.60. The van der Waals surface area contributed by atoms with E-state index in [4.69, 9.17) is 9.84 Å². The molecule has 0 spiro atoms. The van der Waals surface area contributed by atoms with E-state index in [9.17, 15) is 4.79 Å². The van der Waals surface area contributed by atoms with Gasteiger partial charge in [0.15, 0.2) is 0 Å². The highest BCUT2D eigenvalue weighted by atomic mass is 16.5. The molecule has 5 heteroatoms. The monoisotopic (exact) mass is 261 g/mol. The summed E-state index contributed by atoms with van der Waals surface area (Å²) in [6, 6.07) is 0.428. The molecule has 1 fully saturated rings. The summed E-state index contributed by atoms with van der Waals surface area (Å²) >= 11 is 0. The first kappa shape index (κ1) is 17.4. The first-order chi connectivity index (χ1) is 8.20. The molecule has 0 bridgehead atoms. The first-order valence-electron chi connectivity index (χ1n) is 6.34. The van der Waals surface area contributed by atoms with Crippen LogP contribution in [0.2, 0.25) is 0 Å². The van der Waals surface area contributed by atoms with Crippen LogP contribution in [0.1, 0.15) is 47.5 Å². The maximum atomic E-state index is 9.60. The highest BCUT2D eigenvalue weighted by Crippen LogP contribution is 2.16. The zero-order chi connectivity index (χ0) is 14.2. The Balaban J connectivity index is 0.000000360. The Labute approximate surface area is 110 Å². The Morgan fingerprint density at radius 2 is 2.11 bits per heavy atom. The van der Waals surface area contributed by atoms with Gasteiger partial charge in [0.25, 0.3) is 6.47 Å². The molecule has 1 aliphatic rings. The van der Waals surface area contributed by atoms with Gasteiger partial charge in [0, 0.05) is 12.6 Å². The standard InChI is InChI=1S/C8H17NO2.C5H10O2/c1-8(2)9-7(6-11-8)4-3-5-10;1-5(2,3)7-4-6/h7,9-10H,3-6H2,1-2H3;4H,1-3H3/t7-;/m0./s1. The van der Waals surface area contributed by atoms with Crippen molar-refractivity contribution in [3.63, 3.8) is 0 Å². The van der Waals surface area contributed by atoms with Gasteiger partial charge in [-0.1, -0.05) is 0 Å². The summed E-state index contributed by atoms with van der Waals surface area (Å²) < 4.78 is 10.0. The van der Waals surface area contributed by atoms with E-state index in [1.807, 2.05) is 34.6 Å². The van der Waals surface area contributed by atoms with Crippen LogP contribution in [0.15, 0.2) is 0 Å². The number of carbonyl (C=O) groups excluding carboxylic acids is 1. The van der Waals surface area contributed by atoms with Crippen molar-refractivity contribution in [1.29, 1.82) is 0 Å². The molecule has 0 aromatic rings. The van der Waals surface area contributed by atoms with Crippen LogP contribution in [0.25, 0.3) is 0 Å². The van der Waals surface area contributed by atoms with Gasteiger partial charge < -0.3 is 14.6 Å². The third kappa shape index (κ3) is 9.39. The Morgan fingerprint density at radius 3 is 2.39 bits per heavy atom. The summed E-state index contributed by atoms with van der Waals surface area (Å²) in [5, 5.41) is 11.9. The largest absolute Gasteiger partial charge is 0.462 e.